The number of pyridine rings is 1. The molecule has 6 heteroatoms. The summed E-state index contributed by atoms with van der Waals surface area (Å²) in [5.74, 6) is -0.497. The van der Waals surface area contributed by atoms with Crippen molar-refractivity contribution in [2.75, 3.05) is 11.9 Å². The maximum atomic E-state index is 13.7. The van der Waals surface area contributed by atoms with Crippen molar-refractivity contribution in [1.29, 1.82) is 0 Å². The van der Waals surface area contributed by atoms with E-state index in [2.05, 4.69) is 26.7 Å². The van der Waals surface area contributed by atoms with Gasteiger partial charge in [0, 0.05) is 47.6 Å². The molecule has 5 nitrogen and oxygen atoms in total. The van der Waals surface area contributed by atoms with Crippen LogP contribution in [0.1, 0.15) is 21.6 Å². The second kappa shape index (κ2) is 8.56. The summed E-state index contributed by atoms with van der Waals surface area (Å²) in [4.78, 5) is 19.8. The molecule has 3 N–H and O–H groups in total. The van der Waals surface area contributed by atoms with Gasteiger partial charge in [-0.25, -0.2) is 4.39 Å². The molecule has 0 spiro atoms. The fourth-order valence-corrected chi connectivity index (χ4v) is 3.24. The van der Waals surface area contributed by atoms with E-state index in [0.29, 0.717) is 30.0 Å². The number of aromatic amines is 1. The number of aromatic nitrogens is 2. The number of para-hydroxylation sites is 1. The Balaban J connectivity index is 1.34. The number of anilines is 1. The zero-order valence-corrected chi connectivity index (χ0v) is 15.8. The third kappa shape index (κ3) is 4.43. The fraction of sp³-hybridized carbons (Fsp3) is 0.130. The minimum absolute atomic E-state index is 0.237. The van der Waals surface area contributed by atoms with E-state index < -0.39 is 0 Å². The minimum atomic E-state index is -0.260. The van der Waals surface area contributed by atoms with Crippen LogP contribution in [0.2, 0.25) is 0 Å². The molecule has 4 aromatic rings. The van der Waals surface area contributed by atoms with Crippen molar-refractivity contribution in [1.82, 2.24) is 15.3 Å². The maximum Gasteiger partial charge on any atom is 0.269 e. The maximum absolute atomic E-state index is 13.7. The monoisotopic (exact) mass is 388 g/mol. The lowest BCUT2D eigenvalue weighted by Gasteiger charge is -2.09. The fourth-order valence-electron chi connectivity index (χ4n) is 3.24. The summed E-state index contributed by atoms with van der Waals surface area (Å²) in [6, 6.07) is 18.1. The van der Waals surface area contributed by atoms with Gasteiger partial charge in [-0.3, -0.25) is 9.78 Å². The number of rotatable bonds is 7. The highest BCUT2D eigenvalue weighted by molar-refractivity contribution is 5.93. The molecule has 4 rings (SSSR count). The van der Waals surface area contributed by atoms with E-state index in [1.807, 2.05) is 24.4 Å². The Labute approximate surface area is 168 Å². The Hall–Kier alpha value is -3.67. The molecule has 0 aliphatic carbocycles. The van der Waals surface area contributed by atoms with Crippen LogP contribution < -0.4 is 10.6 Å². The first-order valence-electron chi connectivity index (χ1n) is 9.47. The summed E-state index contributed by atoms with van der Waals surface area (Å²) in [6.07, 6.45) is 4.27. The topological polar surface area (TPSA) is 69.8 Å². The summed E-state index contributed by atoms with van der Waals surface area (Å²) in [6.45, 7) is 0.841. The number of H-pyrrole nitrogens is 1. The lowest BCUT2D eigenvalue weighted by molar-refractivity contribution is 0.0949. The van der Waals surface area contributed by atoms with E-state index in [1.165, 1.54) is 11.5 Å². The SMILES string of the molecule is O=C(NCCc1c[nH]c2ccccc12)c1cc(NCc2ccccc2F)ccn1. The number of hydrogen-bond donors (Lipinski definition) is 3. The van der Waals surface area contributed by atoms with Crippen LogP contribution in [-0.4, -0.2) is 22.4 Å². The molecule has 29 heavy (non-hydrogen) atoms. The van der Waals surface area contributed by atoms with Crippen LogP contribution in [0.4, 0.5) is 10.1 Å². The molecule has 2 aromatic carbocycles. The number of nitrogens with zero attached hydrogens (tertiary/aromatic N) is 1. The van der Waals surface area contributed by atoms with E-state index in [9.17, 15) is 9.18 Å². The summed E-state index contributed by atoms with van der Waals surface area (Å²) in [5.41, 5.74) is 3.85. The highest BCUT2D eigenvalue weighted by Gasteiger charge is 2.09. The molecule has 0 bridgehead atoms. The predicted octanol–water partition coefficient (Wildman–Crippen LogP) is 4.29. The Morgan fingerprint density at radius 1 is 1.03 bits per heavy atom. The van der Waals surface area contributed by atoms with Gasteiger partial charge in [-0.2, -0.15) is 0 Å². The van der Waals surface area contributed by atoms with Crippen molar-refractivity contribution in [3.8, 4) is 0 Å². The first-order chi connectivity index (χ1) is 14.2. The van der Waals surface area contributed by atoms with Crippen molar-refractivity contribution in [2.45, 2.75) is 13.0 Å². The molecule has 146 valence electrons. The zero-order valence-electron chi connectivity index (χ0n) is 15.8. The Morgan fingerprint density at radius 3 is 2.76 bits per heavy atom. The minimum Gasteiger partial charge on any atom is -0.381 e. The molecule has 1 amide bonds. The lowest BCUT2D eigenvalue weighted by Crippen LogP contribution is -2.26. The second-order valence-corrected chi connectivity index (χ2v) is 6.74. The van der Waals surface area contributed by atoms with E-state index in [0.717, 1.165) is 17.5 Å². The normalized spacial score (nSPS) is 10.8. The van der Waals surface area contributed by atoms with E-state index in [1.54, 1.807) is 36.5 Å². The predicted molar refractivity (Wildman–Crippen MR) is 112 cm³/mol. The summed E-state index contributed by atoms with van der Waals surface area (Å²) < 4.78 is 13.7. The Morgan fingerprint density at radius 2 is 1.86 bits per heavy atom. The molecule has 2 heterocycles. The van der Waals surface area contributed by atoms with Gasteiger partial charge in [0.25, 0.3) is 5.91 Å². The average Bonchev–Trinajstić information content (AvgIpc) is 3.16. The second-order valence-electron chi connectivity index (χ2n) is 6.74. The van der Waals surface area contributed by atoms with Gasteiger partial charge >= 0.3 is 0 Å². The third-order valence-corrected chi connectivity index (χ3v) is 4.79. The van der Waals surface area contributed by atoms with Crippen LogP contribution in [0.15, 0.2) is 73.1 Å². The van der Waals surface area contributed by atoms with E-state index >= 15 is 0 Å². The number of benzene rings is 2. The van der Waals surface area contributed by atoms with Crippen molar-refractivity contribution in [3.63, 3.8) is 0 Å². The van der Waals surface area contributed by atoms with Gasteiger partial charge < -0.3 is 15.6 Å². The first kappa shape index (κ1) is 18.7. The van der Waals surface area contributed by atoms with E-state index in [-0.39, 0.29) is 11.7 Å². The number of amides is 1. The van der Waals surface area contributed by atoms with Gasteiger partial charge in [0.05, 0.1) is 0 Å². The molecule has 0 unspecified atom stereocenters. The number of nitrogens with one attached hydrogen (secondary N) is 3. The van der Waals surface area contributed by atoms with Gasteiger partial charge in [0.1, 0.15) is 11.5 Å². The lowest BCUT2D eigenvalue weighted by atomic mass is 10.1. The van der Waals surface area contributed by atoms with Crippen LogP contribution in [0, 0.1) is 5.82 Å². The van der Waals surface area contributed by atoms with Gasteiger partial charge in [-0.05, 0) is 36.2 Å². The van der Waals surface area contributed by atoms with Crippen LogP contribution in [0.3, 0.4) is 0 Å². The number of hydrogen-bond acceptors (Lipinski definition) is 3. The molecule has 0 atom stereocenters. The van der Waals surface area contributed by atoms with Crippen LogP contribution in [-0.2, 0) is 13.0 Å². The molecule has 0 fully saturated rings. The van der Waals surface area contributed by atoms with Gasteiger partial charge in [-0.1, -0.05) is 36.4 Å². The molecule has 2 aromatic heterocycles. The number of halogens is 1. The van der Waals surface area contributed by atoms with Crippen molar-refractivity contribution < 1.29 is 9.18 Å². The highest BCUT2D eigenvalue weighted by atomic mass is 19.1. The highest BCUT2D eigenvalue weighted by Crippen LogP contribution is 2.18. The largest absolute Gasteiger partial charge is 0.381 e. The van der Waals surface area contributed by atoms with Crippen molar-refractivity contribution >= 4 is 22.5 Å². The number of fused-ring (bicyclic) bond motifs is 1. The van der Waals surface area contributed by atoms with Gasteiger partial charge in [0.15, 0.2) is 0 Å². The molecule has 0 aliphatic rings. The van der Waals surface area contributed by atoms with Crippen molar-refractivity contribution in [3.05, 3.63) is 95.7 Å². The number of carbonyl (C=O) groups excluding carboxylic acids is 1. The number of carbonyl (C=O) groups is 1. The molecular weight excluding hydrogens is 367 g/mol. The summed E-state index contributed by atoms with van der Waals surface area (Å²) in [5, 5.41) is 7.21. The smallest absolute Gasteiger partial charge is 0.269 e. The summed E-state index contributed by atoms with van der Waals surface area (Å²) in [7, 11) is 0. The quantitative estimate of drug-likeness (QED) is 0.442. The standard InChI is InChI=1S/C23H21FN4O/c24-20-7-3-1-5-17(20)15-27-18-10-12-25-22(13-18)23(29)26-11-9-16-14-28-21-8-4-2-6-19(16)21/h1-8,10,12-14,28H,9,11,15H2,(H,25,27)(H,26,29). The van der Waals surface area contributed by atoms with Gasteiger partial charge in [-0.15, -0.1) is 0 Å². The third-order valence-electron chi connectivity index (χ3n) is 4.79. The first-order valence-corrected chi connectivity index (χ1v) is 9.47. The van der Waals surface area contributed by atoms with E-state index in [4.69, 9.17) is 0 Å². The molecule has 0 radical (unpaired) electrons. The Kier molecular flexibility index (Phi) is 5.52. The van der Waals surface area contributed by atoms with Gasteiger partial charge in [0.2, 0.25) is 0 Å². The Bertz CT molecular complexity index is 1140. The molecule has 0 aliphatic heterocycles. The summed E-state index contributed by atoms with van der Waals surface area (Å²) >= 11 is 0. The molecule has 0 saturated heterocycles. The van der Waals surface area contributed by atoms with Crippen LogP contribution in [0.25, 0.3) is 10.9 Å². The van der Waals surface area contributed by atoms with Crippen LogP contribution >= 0.6 is 0 Å². The van der Waals surface area contributed by atoms with Crippen molar-refractivity contribution in [2.24, 2.45) is 0 Å². The molecular formula is C23H21FN4O. The molecule has 0 saturated carbocycles. The average molecular weight is 388 g/mol. The van der Waals surface area contributed by atoms with Crippen LogP contribution in [0.5, 0.6) is 0 Å². The zero-order chi connectivity index (χ0) is 20.1.